The summed E-state index contributed by atoms with van der Waals surface area (Å²) in [6, 6.07) is 16.9. The molecule has 1 aromatic heterocycles. The largest absolute Gasteiger partial charge is 0.497 e. The summed E-state index contributed by atoms with van der Waals surface area (Å²) in [5.74, 6) is 0.425. The molecular weight excluding hydrogens is 456 g/mol. The minimum Gasteiger partial charge on any atom is -0.497 e. The van der Waals surface area contributed by atoms with Crippen LogP contribution in [0.1, 0.15) is 72.7 Å². The number of unbranched alkanes of at least 4 members (excludes halogenated alkanes) is 3. The number of rotatable bonds is 11. The van der Waals surface area contributed by atoms with Crippen LogP contribution in [0.2, 0.25) is 0 Å². The Bertz CT molecular complexity index is 1090. The second-order valence-corrected chi connectivity index (χ2v) is 9.35. The van der Waals surface area contributed by atoms with Crippen LogP contribution in [-0.2, 0) is 11.3 Å². The van der Waals surface area contributed by atoms with Gasteiger partial charge in [0.2, 0.25) is 0 Å². The molecule has 8 nitrogen and oxygen atoms in total. The Hall–Kier alpha value is -3.23. The van der Waals surface area contributed by atoms with Crippen LogP contribution in [-0.4, -0.2) is 57.3 Å². The van der Waals surface area contributed by atoms with Gasteiger partial charge in [-0.25, -0.2) is 9.48 Å². The van der Waals surface area contributed by atoms with Gasteiger partial charge in [0.25, 0.3) is 0 Å². The number of hydrogen-bond donors (Lipinski definition) is 1. The van der Waals surface area contributed by atoms with Gasteiger partial charge in [-0.2, -0.15) is 0 Å². The smallest absolute Gasteiger partial charge is 0.338 e. The van der Waals surface area contributed by atoms with E-state index in [1.807, 2.05) is 18.2 Å². The van der Waals surface area contributed by atoms with E-state index < -0.39 is 12.1 Å². The van der Waals surface area contributed by atoms with Gasteiger partial charge in [0.1, 0.15) is 18.1 Å². The first-order chi connectivity index (χ1) is 17.6. The Morgan fingerprint density at radius 3 is 2.58 bits per heavy atom. The van der Waals surface area contributed by atoms with Crippen LogP contribution in [0.25, 0.3) is 0 Å². The van der Waals surface area contributed by atoms with Crippen LogP contribution in [0.15, 0.2) is 60.8 Å². The summed E-state index contributed by atoms with van der Waals surface area (Å²) in [7, 11) is 1.67. The summed E-state index contributed by atoms with van der Waals surface area (Å²) in [6.07, 6.45) is 6.52. The second-order valence-electron chi connectivity index (χ2n) is 9.35. The van der Waals surface area contributed by atoms with Crippen LogP contribution >= 0.6 is 0 Å². The topological polar surface area (TPSA) is 89.7 Å². The summed E-state index contributed by atoms with van der Waals surface area (Å²) in [5, 5.41) is 19.6. The Morgan fingerprint density at radius 1 is 1.08 bits per heavy atom. The number of piperidine rings is 1. The van der Waals surface area contributed by atoms with Crippen molar-refractivity contribution in [1.82, 2.24) is 19.9 Å². The highest BCUT2D eigenvalue weighted by Crippen LogP contribution is 2.36. The van der Waals surface area contributed by atoms with Crippen LogP contribution < -0.4 is 4.74 Å². The maximum absolute atomic E-state index is 12.2. The maximum atomic E-state index is 12.2. The van der Waals surface area contributed by atoms with E-state index in [4.69, 9.17) is 9.47 Å². The first kappa shape index (κ1) is 25.9. The monoisotopic (exact) mass is 492 g/mol. The van der Waals surface area contributed by atoms with E-state index in [0.29, 0.717) is 24.2 Å². The molecule has 0 unspecified atom stereocenters. The number of carbonyl (C=O) groups is 1. The van der Waals surface area contributed by atoms with Gasteiger partial charge in [0, 0.05) is 12.6 Å². The third kappa shape index (κ3) is 6.50. The predicted molar refractivity (Wildman–Crippen MR) is 137 cm³/mol. The summed E-state index contributed by atoms with van der Waals surface area (Å²) in [6.45, 7) is 3.87. The zero-order valence-corrected chi connectivity index (χ0v) is 21.1. The lowest BCUT2D eigenvalue weighted by Crippen LogP contribution is -2.46. The highest BCUT2D eigenvalue weighted by Gasteiger charge is 2.36. The number of aromatic nitrogens is 3. The van der Waals surface area contributed by atoms with E-state index in [9.17, 15) is 9.90 Å². The molecule has 2 heterocycles. The molecule has 8 heteroatoms. The zero-order chi connectivity index (χ0) is 25.3. The van der Waals surface area contributed by atoms with Crippen LogP contribution in [0.4, 0.5) is 0 Å². The SMILES string of the molecule is CCCCCCN1C[C@@H](n2cc(COC(=O)c3ccccc3)nn2)[C@H](O)C[C@@H]1c1ccc(OC)cc1. The van der Waals surface area contributed by atoms with Crippen molar-refractivity contribution >= 4 is 5.97 Å². The van der Waals surface area contributed by atoms with E-state index in [1.165, 1.54) is 24.8 Å². The molecule has 1 N–H and O–H groups in total. The molecule has 3 atom stereocenters. The third-order valence-corrected chi connectivity index (χ3v) is 6.83. The minimum atomic E-state index is -0.578. The molecule has 0 spiro atoms. The summed E-state index contributed by atoms with van der Waals surface area (Å²) in [5.41, 5.74) is 2.23. The van der Waals surface area contributed by atoms with Crippen molar-refractivity contribution in [2.45, 2.75) is 63.8 Å². The van der Waals surface area contributed by atoms with Crippen molar-refractivity contribution < 1.29 is 19.4 Å². The number of aliphatic hydroxyl groups is 1. The molecule has 0 bridgehead atoms. The lowest BCUT2D eigenvalue weighted by Gasteiger charge is -2.42. The fourth-order valence-electron chi connectivity index (χ4n) is 4.78. The average molecular weight is 493 g/mol. The van der Waals surface area contributed by atoms with E-state index >= 15 is 0 Å². The van der Waals surface area contributed by atoms with Crippen molar-refractivity contribution in [3.05, 3.63) is 77.6 Å². The number of hydrogen-bond acceptors (Lipinski definition) is 7. The molecule has 0 radical (unpaired) electrons. The second kappa shape index (κ2) is 12.6. The quantitative estimate of drug-likeness (QED) is 0.310. The lowest BCUT2D eigenvalue weighted by molar-refractivity contribution is -0.00779. The normalized spacial score (nSPS) is 20.2. The Kier molecular flexibility index (Phi) is 9.08. The Labute approximate surface area is 212 Å². The first-order valence-corrected chi connectivity index (χ1v) is 12.8. The lowest BCUT2D eigenvalue weighted by atomic mass is 9.90. The minimum absolute atomic E-state index is 0.0335. The van der Waals surface area contributed by atoms with Gasteiger partial charge in [-0.3, -0.25) is 4.90 Å². The van der Waals surface area contributed by atoms with Crippen molar-refractivity contribution in [1.29, 1.82) is 0 Å². The van der Waals surface area contributed by atoms with Crippen molar-refractivity contribution in [2.75, 3.05) is 20.2 Å². The van der Waals surface area contributed by atoms with Crippen LogP contribution in [0.5, 0.6) is 5.75 Å². The van der Waals surface area contributed by atoms with E-state index in [2.05, 4.69) is 34.3 Å². The van der Waals surface area contributed by atoms with Crippen molar-refractivity contribution in [2.24, 2.45) is 0 Å². The number of esters is 1. The molecule has 1 aliphatic rings. The summed E-state index contributed by atoms with van der Waals surface area (Å²) in [4.78, 5) is 14.7. The van der Waals surface area contributed by atoms with Gasteiger partial charge in [-0.15, -0.1) is 5.10 Å². The van der Waals surface area contributed by atoms with Gasteiger partial charge >= 0.3 is 5.97 Å². The number of likely N-dealkylation sites (tertiary alicyclic amines) is 1. The number of benzene rings is 2. The molecule has 1 fully saturated rings. The standard InChI is InChI=1S/C28H36N4O4/c1-3-4-5-9-16-31-19-26(27(33)17-25(31)21-12-14-24(35-2)15-13-21)32-18-23(29-30-32)20-36-28(34)22-10-7-6-8-11-22/h6-8,10-15,18,25-27,33H,3-5,9,16-17,19-20H2,1-2H3/t25-,26-,27-/m1/s1. The summed E-state index contributed by atoms with van der Waals surface area (Å²) >= 11 is 0. The fourth-order valence-corrected chi connectivity index (χ4v) is 4.78. The predicted octanol–water partition coefficient (Wildman–Crippen LogP) is 4.57. The molecule has 0 aliphatic carbocycles. The first-order valence-electron chi connectivity index (χ1n) is 12.8. The van der Waals surface area contributed by atoms with Gasteiger partial charge in [0.05, 0.1) is 31.0 Å². The van der Waals surface area contributed by atoms with Gasteiger partial charge in [-0.05, 0) is 49.2 Å². The molecule has 0 amide bonds. The molecule has 192 valence electrons. The molecule has 3 aromatic rings. The summed E-state index contributed by atoms with van der Waals surface area (Å²) < 4.78 is 12.4. The van der Waals surface area contributed by atoms with E-state index in [-0.39, 0.29) is 18.7 Å². The number of aliphatic hydroxyl groups excluding tert-OH is 1. The van der Waals surface area contributed by atoms with Crippen LogP contribution in [0, 0.1) is 0 Å². The molecule has 2 aromatic carbocycles. The molecular formula is C28H36N4O4. The molecule has 0 saturated carbocycles. The van der Waals surface area contributed by atoms with Gasteiger partial charge in [0.15, 0.2) is 0 Å². The number of ether oxygens (including phenoxy) is 2. The Morgan fingerprint density at radius 2 is 1.86 bits per heavy atom. The van der Waals surface area contributed by atoms with Crippen molar-refractivity contribution in [3.8, 4) is 5.75 Å². The Balaban J connectivity index is 1.43. The number of methoxy groups -OCH3 is 1. The zero-order valence-electron chi connectivity index (χ0n) is 21.1. The van der Waals surface area contributed by atoms with Gasteiger partial charge < -0.3 is 14.6 Å². The molecule has 1 aliphatic heterocycles. The third-order valence-electron chi connectivity index (χ3n) is 6.83. The maximum Gasteiger partial charge on any atom is 0.338 e. The van der Waals surface area contributed by atoms with E-state index in [0.717, 1.165) is 18.7 Å². The molecule has 4 rings (SSSR count). The number of carbonyl (C=O) groups excluding carboxylic acids is 1. The fraction of sp³-hybridized carbons (Fsp3) is 0.464. The number of nitrogens with zero attached hydrogens (tertiary/aromatic N) is 4. The molecule has 36 heavy (non-hydrogen) atoms. The van der Waals surface area contributed by atoms with Crippen molar-refractivity contribution in [3.63, 3.8) is 0 Å². The van der Waals surface area contributed by atoms with Crippen LogP contribution in [0.3, 0.4) is 0 Å². The highest BCUT2D eigenvalue weighted by atomic mass is 16.5. The molecule has 1 saturated heterocycles. The van der Waals surface area contributed by atoms with Gasteiger partial charge in [-0.1, -0.05) is 61.7 Å². The average Bonchev–Trinajstić information content (AvgIpc) is 3.39. The van der Waals surface area contributed by atoms with E-state index in [1.54, 1.807) is 42.3 Å². The highest BCUT2D eigenvalue weighted by molar-refractivity contribution is 5.89.